The second-order valence-corrected chi connectivity index (χ2v) is 4.38. The highest BCUT2D eigenvalue weighted by Gasteiger charge is 2.41. The van der Waals surface area contributed by atoms with Gasteiger partial charge in [0.25, 0.3) is 0 Å². The van der Waals surface area contributed by atoms with Gasteiger partial charge in [-0.2, -0.15) is 0 Å². The SMILES string of the molecule is CCN1C(=O)C(=O)N(c2ccc(OC(F)(F)F)cc2)C1=S. The predicted molar refractivity (Wildman–Crippen MR) is 70.6 cm³/mol. The number of hydrogen-bond acceptors (Lipinski definition) is 4. The standard InChI is InChI=1S/C12H9F3N2O3S/c1-2-16-9(18)10(19)17(11(16)21)7-3-5-8(6-4-7)20-12(13,14)15/h3-6H,2H2,1H3. The minimum atomic E-state index is -4.80. The molecular weight excluding hydrogens is 309 g/mol. The maximum Gasteiger partial charge on any atom is 0.573 e. The van der Waals surface area contributed by atoms with Gasteiger partial charge >= 0.3 is 18.2 Å². The van der Waals surface area contributed by atoms with E-state index in [1.807, 2.05) is 0 Å². The van der Waals surface area contributed by atoms with Crippen LogP contribution in [0, 0.1) is 0 Å². The molecule has 2 rings (SSSR count). The molecule has 0 N–H and O–H groups in total. The highest BCUT2D eigenvalue weighted by molar-refractivity contribution is 7.80. The number of carbonyl (C=O) groups excluding carboxylic acids is 2. The molecule has 1 fully saturated rings. The van der Waals surface area contributed by atoms with Gasteiger partial charge in [-0.15, -0.1) is 13.2 Å². The Morgan fingerprint density at radius 3 is 2.14 bits per heavy atom. The van der Waals surface area contributed by atoms with E-state index in [1.54, 1.807) is 6.92 Å². The summed E-state index contributed by atoms with van der Waals surface area (Å²) in [5.41, 5.74) is 0.198. The van der Waals surface area contributed by atoms with Crippen molar-refractivity contribution < 1.29 is 27.5 Å². The zero-order valence-electron chi connectivity index (χ0n) is 10.7. The normalized spacial score (nSPS) is 15.9. The zero-order valence-corrected chi connectivity index (χ0v) is 11.5. The van der Waals surface area contributed by atoms with E-state index in [1.165, 1.54) is 12.1 Å². The Bertz CT molecular complexity index is 601. The average Bonchev–Trinajstić information content (AvgIpc) is 2.60. The highest BCUT2D eigenvalue weighted by atomic mass is 32.1. The lowest BCUT2D eigenvalue weighted by Gasteiger charge is -2.17. The van der Waals surface area contributed by atoms with Crippen molar-refractivity contribution in [2.24, 2.45) is 0 Å². The van der Waals surface area contributed by atoms with E-state index in [2.05, 4.69) is 4.74 Å². The number of nitrogens with zero attached hydrogens (tertiary/aromatic N) is 2. The van der Waals surface area contributed by atoms with E-state index < -0.39 is 23.9 Å². The van der Waals surface area contributed by atoms with Gasteiger partial charge in [-0.3, -0.25) is 14.5 Å². The molecule has 1 aliphatic heterocycles. The van der Waals surface area contributed by atoms with Crippen molar-refractivity contribution in [3.8, 4) is 5.75 Å². The van der Waals surface area contributed by atoms with Gasteiger partial charge in [-0.25, -0.2) is 4.90 Å². The lowest BCUT2D eigenvalue weighted by molar-refractivity contribution is -0.274. The van der Waals surface area contributed by atoms with E-state index in [9.17, 15) is 22.8 Å². The molecule has 1 heterocycles. The molecule has 1 aliphatic rings. The zero-order chi connectivity index (χ0) is 15.8. The smallest absolute Gasteiger partial charge is 0.406 e. The Morgan fingerprint density at radius 2 is 1.71 bits per heavy atom. The molecule has 0 saturated carbocycles. The van der Waals surface area contributed by atoms with Crippen LogP contribution in [0.3, 0.4) is 0 Å². The lowest BCUT2D eigenvalue weighted by atomic mass is 10.3. The predicted octanol–water partition coefficient (Wildman–Crippen LogP) is 2.07. The second kappa shape index (κ2) is 5.32. The van der Waals surface area contributed by atoms with Gasteiger partial charge < -0.3 is 4.74 Å². The summed E-state index contributed by atoms with van der Waals surface area (Å²) in [6.45, 7) is 1.89. The van der Waals surface area contributed by atoms with Crippen molar-refractivity contribution in [1.82, 2.24) is 4.90 Å². The molecule has 0 atom stereocenters. The first kappa shape index (κ1) is 15.2. The number of ether oxygens (including phenoxy) is 1. The summed E-state index contributed by atoms with van der Waals surface area (Å²) < 4.78 is 39.9. The topological polar surface area (TPSA) is 49.9 Å². The number of alkyl halides is 3. The molecule has 2 amide bonds. The van der Waals surface area contributed by atoms with Crippen LogP contribution in [0.15, 0.2) is 24.3 Å². The minimum absolute atomic E-state index is 0.00279. The van der Waals surface area contributed by atoms with Gasteiger partial charge in [-0.05, 0) is 43.4 Å². The first-order chi connectivity index (χ1) is 9.74. The van der Waals surface area contributed by atoms with Crippen LogP contribution < -0.4 is 9.64 Å². The first-order valence-electron chi connectivity index (χ1n) is 5.80. The van der Waals surface area contributed by atoms with Gasteiger partial charge in [0.1, 0.15) is 5.75 Å². The van der Waals surface area contributed by atoms with Crippen molar-refractivity contribution in [2.45, 2.75) is 13.3 Å². The summed E-state index contributed by atoms with van der Waals surface area (Å²) in [6, 6.07) is 4.52. The minimum Gasteiger partial charge on any atom is -0.406 e. The number of carbonyl (C=O) groups is 2. The van der Waals surface area contributed by atoms with Crippen molar-refractivity contribution in [2.75, 3.05) is 11.4 Å². The molecule has 0 unspecified atom stereocenters. The fraction of sp³-hybridized carbons (Fsp3) is 0.250. The van der Waals surface area contributed by atoms with Crippen LogP contribution in [0.5, 0.6) is 5.75 Å². The number of amides is 2. The molecule has 0 aromatic heterocycles. The Balaban J connectivity index is 2.25. The van der Waals surface area contributed by atoms with Crippen molar-refractivity contribution in [3.05, 3.63) is 24.3 Å². The molecule has 21 heavy (non-hydrogen) atoms. The van der Waals surface area contributed by atoms with Gasteiger partial charge in [-0.1, -0.05) is 0 Å². The summed E-state index contributed by atoms with van der Waals surface area (Å²) in [5, 5.41) is -0.00279. The third-order valence-corrected chi connectivity index (χ3v) is 3.10. The van der Waals surface area contributed by atoms with Crippen molar-refractivity contribution in [1.29, 1.82) is 0 Å². The molecule has 0 spiro atoms. The maximum absolute atomic E-state index is 12.1. The molecule has 5 nitrogen and oxygen atoms in total. The monoisotopic (exact) mass is 318 g/mol. The Labute approximate surface area is 122 Å². The van der Waals surface area contributed by atoms with Gasteiger partial charge in [0.2, 0.25) is 0 Å². The molecule has 1 aromatic carbocycles. The molecule has 0 radical (unpaired) electrons. The Kier molecular flexibility index (Phi) is 3.86. The van der Waals surface area contributed by atoms with E-state index in [4.69, 9.17) is 12.2 Å². The largest absolute Gasteiger partial charge is 0.573 e. The number of halogens is 3. The Morgan fingerprint density at radius 1 is 1.14 bits per heavy atom. The molecule has 1 aromatic rings. The molecule has 0 aliphatic carbocycles. The third kappa shape index (κ3) is 2.97. The maximum atomic E-state index is 12.1. The number of hydrogen-bond donors (Lipinski definition) is 0. The summed E-state index contributed by atoms with van der Waals surface area (Å²) >= 11 is 5.02. The van der Waals surface area contributed by atoms with Crippen LogP contribution >= 0.6 is 12.2 Å². The van der Waals surface area contributed by atoms with Gasteiger partial charge in [0.15, 0.2) is 5.11 Å². The van der Waals surface area contributed by atoms with Gasteiger partial charge in [0, 0.05) is 6.54 Å². The highest BCUT2D eigenvalue weighted by Crippen LogP contribution is 2.27. The fourth-order valence-electron chi connectivity index (χ4n) is 1.81. The summed E-state index contributed by atoms with van der Waals surface area (Å²) in [4.78, 5) is 25.6. The quantitative estimate of drug-likeness (QED) is 0.632. The molecule has 0 bridgehead atoms. The van der Waals surface area contributed by atoms with Gasteiger partial charge in [0.05, 0.1) is 5.69 Å². The van der Waals surface area contributed by atoms with Crippen molar-refractivity contribution >= 4 is 34.8 Å². The number of anilines is 1. The van der Waals surface area contributed by atoms with E-state index in [-0.39, 0.29) is 17.3 Å². The molecular formula is C12H9F3N2O3S. The molecule has 112 valence electrons. The number of likely N-dealkylation sites (N-methyl/N-ethyl adjacent to an activating group) is 1. The first-order valence-corrected chi connectivity index (χ1v) is 6.21. The molecule has 1 saturated heterocycles. The third-order valence-electron chi connectivity index (χ3n) is 2.70. The number of rotatable bonds is 3. The lowest BCUT2D eigenvalue weighted by Crippen LogP contribution is -2.32. The van der Waals surface area contributed by atoms with E-state index >= 15 is 0 Å². The van der Waals surface area contributed by atoms with Crippen LogP contribution in [0.2, 0.25) is 0 Å². The van der Waals surface area contributed by atoms with Crippen LogP contribution in [-0.4, -0.2) is 34.7 Å². The van der Waals surface area contributed by atoms with Crippen LogP contribution in [0.1, 0.15) is 6.92 Å². The summed E-state index contributed by atoms with van der Waals surface area (Å²) in [5.74, 6) is -2.04. The van der Waals surface area contributed by atoms with Crippen LogP contribution in [0.25, 0.3) is 0 Å². The van der Waals surface area contributed by atoms with E-state index in [0.717, 1.165) is 21.9 Å². The second-order valence-electron chi connectivity index (χ2n) is 4.01. The number of thiocarbonyl (C=S) groups is 1. The fourth-order valence-corrected chi connectivity index (χ4v) is 2.21. The Hall–Kier alpha value is -2.16. The van der Waals surface area contributed by atoms with Crippen LogP contribution in [-0.2, 0) is 9.59 Å². The van der Waals surface area contributed by atoms with Crippen molar-refractivity contribution in [3.63, 3.8) is 0 Å². The average molecular weight is 318 g/mol. The van der Waals surface area contributed by atoms with E-state index in [0.29, 0.717) is 0 Å². The molecule has 9 heteroatoms. The summed E-state index contributed by atoms with van der Waals surface area (Å²) in [7, 11) is 0. The summed E-state index contributed by atoms with van der Waals surface area (Å²) in [6.07, 6.45) is -4.80. The number of benzene rings is 1. The van der Waals surface area contributed by atoms with Crippen LogP contribution in [0.4, 0.5) is 18.9 Å².